The van der Waals surface area contributed by atoms with Crippen LogP contribution in [-0.4, -0.2) is 22.9 Å². The molecule has 0 bridgehead atoms. The van der Waals surface area contributed by atoms with Crippen LogP contribution in [0.15, 0.2) is 0 Å². The number of hydrogen-bond donors (Lipinski definition) is 1. The van der Waals surface area contributed by atoms with Crippen LogP contribution in [0, 0.1) is 5.92 Å². The van der Waals surface area contributed by atoms with E-state index in [1.165, 1.54) is 12.6 Å². The van der Waals surface area contributed by atoms with Crippen LogP contribution in [0.25, 0.3) is 0 Å². The van der Waals surface area contributed by atoms with Gasteiger partial charge in [-0.15, -0.1) is 8.58 Å². The topological polar surface area (TPSA) is 37.3 Å². The van der Waals surface area contributed by atoms with E-state index in [9.17, 15) is 4.79 Å². The van der Waals surface area contributed by atoms with Crippen molar-refractivity contribution in [3.8, 4) is 0 Å². The maximum absolute atomic E-state index is 10.6. The lowest BCUT2D eigenvalue weighted by Crippen LogP contribution is -2.09. The third kappa shape index (κ3) is 2.75. The van der Waals surface area contributed by atoms with Gasteiger partial charge in [-0.1, -0.05) is 13.3 Å². The van der Waals surface area contributed by atoms with Gasteiger partial charge in [-0.05, 0) is 31.1 Å². The molecule has 3 atom stereocenters. The summed E-state index contributed by atoms with van der Waals surface area (Å²) in [6.07, 6.45) is 5.53. The molecule has 0 aromatic rings. The highest BCUT2D eigenvalue weighted by Gasteiger charge is 2.28. The molecule has 1 N–H and O–H groups in total. The zero-order chi connectivity index (χ0) is 8.97. The molecule has 0 amide bonds. The molecule has 1 rings (SSSR count). The molecule has 2 nitrogen and oxygen atoms in total. The predicted molar refractivity (Wildman–Crippen MR) is 52.2 cm³/mol. The fraction of sp³-hybridized carbons (Fsp3) is 0.889. The monoisotopic (exact) mass is 188 g/mol. The summed E-state index contributed by atoms with van der Waals surface area (Å²) in [6, 6.07) is 0. The molecular weight excluding hydrogens is 171 g/mol. The lowest BCUT2D eigenvalue weighted by atomic mass is 10.1. The molecule has 1 aliphatic carbocycles. The Morgan fingerprint density at radius 1 is 1.58 bits per heavy atom. The predicted octanol–water partition coefficient (Wildman–Crippen LogP) is 2.33. The summed E-state index contributed by atoms with van der Waals surface area (Å²) in [6.45, 7) is 2.19. The molecule has 0 aliphatic heterocycles. The SMILES string of the molecule is CCCPC1CCC(C(=O)O)C1. The number of carbonyl (C=O) groups is 1. The van der Waals surface area contributed by atoms with Crippen LogP contribution in [-0.2, 0) is 4.79 Å². The first kappa shape index (κ1) is 9.98. The quantitative estimate of drug-likeness (QED) is 0.687. The van der Waals surface area contributed by atoms with E-state index in [0.717, 1.165) is 33.5 Å². The summed E-state index contributed by atoms with van der Waals surface area (Å²) >= 11 is 0. The van der Waals surface area contributed by atoms with Crippen LogP contribution in [0.1, 0.15) is 32.6 Å². The Balaban J connectivity index is 2.21. The highest BCUT2D eigenvalue weighted by molar-refractivity contribution is 7.38. The summed E-state index contributed by atoms with van der Waals surface area (Å²) in [4.78, 5) is 10.6. The third-order valence-electron chi connectivity index (χ3n) is 2.46. The standard InChI is InChI=1S/C9H17O2P/c1-2-5-12-8-4-3-7(6-8)9(10)11/h7-8,12H,2-6H2,1H3,(H,10,11). The Hall–Kier alpha value is -0.100. The van der Waals surface area contributed by atoms with Crippen molar-refractivity contribution in [2.45, 2.75) is 38.3 Å². The average molecular weight is 188 g/mol. The molecule has 1 fully saturated rings. The van der Waals surface area contributed by atoms with Gasteiger partial charge in [0.2, 0.25) is 0 Å². The van der Waals surface area contributed by atoms with Gasteiger partial charge in [-0.2, -0.15) is 0 Å². The lowest BCUT2D eigenvalue weighted by Gasteiger charge is -2.07. The Morgan fingerprint density at radius 3 is 2.83 bits per heavy atom. The van der Waals surface area contributed by atoms with Gasteiger partial charge in [0, 0.05) is 0 Å². The second-order valence-corrected chi connectivity index (χ2v) is 5.22. The van der Waals surface area contributed by atoms with Gasteiger partial charge in [0.05, 0.1) is 5.92 Å². The molecule has 1 saturated carbocycles. The van der Waals surface area contributed by atoms with Crippen LogP contribution in [0.5, 0.6) is 0 Å². The van der Waals surface area contributed by atoms with Crippen molar-refractivity contribution in [3.05, 3.63) is 0 Å². The van der Waals surface area contributed by atoms with Gasteiger partial charge < -0.3 is 5.11 Å². The van der Waals surface area contributed by atoms with Gasteiger partial charge in [0.1, 0.15) is 0 Å². The van der Waals surface area contributed by atoms with E-state index in [1.807, 2.05) is 0 Å². The number of rotatable bonds is 4. The third-order valence-corrected chi connectivity index (χ3v) is 4.36. The molecule has 0 saturated heterocycles. The van der Waals surface area contributed by atoms with E-state index in [0.29, 0.717) is 0 Å². The van der Waals surface area contributed by atoms with Crippen molar-refractivity contribution in [3.63, 3.8) is 0 Å². The van der Waals surface area contributed by atoms with Gasteiger partial charge in [0.15, 0.2) is 0 Å². The van der Waals surface area contributed by atoms with Crippen molar-refractivity contribution in [1.29, 1.82) is 0 Å². The first-order valence-corrected chi connectivity index (χ1v) is 5.98. The fourth-order valence-electron chi connectivity index (χ4n) is 1.74. The molecule has 70 valence electrons. The van der Waals surface area contributed by atoms with Gasteiger partial charge in [-0.25, -0.2) is 0 Å². The molecular formula is C9H17O2P. The molecule has 12 heavy (non-hydrogen) atoms. The Kier molecular flexibility index (Phi) is 4.00. The Bertz CT molecular complexity index is 159. The molecule has 0 aromatic carbocycles. The normalized spacial score (nSPS) is 30.1. The molecule has 3 unspecified atom stereocenters. The van der Waals surface area contributed by atoms with E-state index in [2.05, 4.69) is 6.92 Å². The summed E-state index contributed by atoms with van der Waals surface area (Å²) in [5.41, 5.74) is 0.728. The van der Waals surface area contributed by atoms with Crippen LogP contribution < -0.4 is 0 Å². The largest absolute Gasteiger partial charge is 0.481 e. The minimum Gasteiger partial charge on any atom is -0.481 e. The Morgan fingerprint density at radius 2 is 2.33 bits per heavy atom. The first-order valence-electron chi connectivity index (χ1n) is 4.70. The minimum absolute atomic E-state index is 0.0284. The van der Waals surface area contributed by atoms with E-state index < -0.39 is 5.97 Å². The summed E-state index contributed by atoms with van der Waals surface area (Å²) in [7, 11) is 1.00. The van der Waals surface area contributed by atoms with Crippen LogP contribution in [0.3, 0.4) is 0 Å². The van der Waals surface area contributed by atoms with Crippen LogP contribution >= 0.6 is 8.58 Å². The fourth-order valence-corrected chi connectivity index (χ4v) is 3.26. The molecule has 0 aromatic heterocycles. The smallest absolute Gasteiger partial charge is 0.306 e. The zero-order valence-electron chi connectivity index (χ0n) is 7.55. The maximum atomic E-state index is 10.6. The van der Waals surface area contributed by atoms with Crippen LogP contribution in [0.4, 0.5) is 0 Å². The average Bonchev–Trinajstić information content (AvgIpc) is 2.48. The van der Waals surface area contributed by atoms with Crippen molar-refractivity contribution < 1.29 is 9.90 Å². The molecule has 1 aliphatic rings. The lowest BCUT2D eigenvalue weighted by molar-refractivity contribution is -0.141. The van der Waals surface area contributed by atoms with Gasteiger partial charge >= 0.3 is 5.97 Å². The van der Waals surface area contributed by atoms with Crippen molar-refractivity contribution in [2.24, 2.45) is 5.92 Å². The number of hydrogen-bond acceptors (Lipinski definition) is 1. The molecule has 0 heterocycles. The second kappa shape index (κ2) is 4.81. The van der Waals surface area contributed by atoms with Gasteiger partial charge in [-0.3, -0.25) is 4.79 Å². The number of carboxylic acids is 1. The highest BCUT2D eigenvalue weighted by Crippen LogP contribution is 2.37. The minimum atomic E-state index is -0.584. The van der Waals surface area contributed by atoms with E-state index >= 15 is 0 Å². The first-order chi connectivity index (χ1) is 5.74. The molecule has 0 radical (unpaired) electrons. The van der Waals surface area contributed by atoms with Crippen molar-refractivity contribution in [1.82, 2.24) is 0 Å². The van der Waals surface area contributed by atoms with Crippen LogP contribution in [0.2, 0.25) is 0 Å². The molecule has 0 spiro atoms. The van der Waals surface area contributed by atoms with Crippen molar-refractivity contribution in [2.75, 3.05) is 6.16 Å². The van der Waals surface area contributed by atoms with E-state index in [1.54, 1.807) is 0 Å². The maximum Gasteiger partial charge on any atom is 0.306 e. The second-order valence-electron chi connectivity index (χ2n) is 3.50. The van der Waals surface area contributed by atoms with Gasteiger partial charge in [0.25, 0.3) is 0 Å². The molecule has 3 heteroatoms. The zero-order valence-corrected chi connectivity index (χ0v) is 8.55. The summed E-state index contributed by atoms with van der Waals surface area (Å²) in [5.74, 6) is -0.613. The van der Waals surface area contributed by atoms with E-state index in [-0.39, 0.29) is 5.92 Å². The van der Waals surface area contributed by atoms with Crippen molar-refractivity contribution >= 4 is 14.6 Å². The number of aliphatic carboxylic acids is 1. The summed E-state index contributed by atoms with van der Waals surface area (Å²) < 4.78 is 0. The number of carboxylic acid groups (broad SMARTS) is 1. The van der Waals surface area contributed by atoms with E-state index in [4.69, 9.17) is 5.11 Å². The Labute approximate surface area is 75.5 Å². The summed E-state index contributed by atoms with van der Waals surface area (Å²) in [5, 5.41) is 8.76. The highest BCUT2D eigenvalue weighted by atomic mass is 31.1.